The van der Waals surface area contributed by atoms with Gasteiger partial charge in [-0.1, -0.05) is 42.5 Å². The molecular weight excluding hydrogens is 525 g/mol. The van der Waals surface area contributed by atoms with Gasteiger partial charge in [-0.3, -0.25) is 4.99 Å². The molecule has 0 aliphatic carbocycles. The first kappa shape index (κ1) is 25.2. The van der Waals surface area contributed by atoms with E-state index >= 15 is 0 Å². The first-order valence-electron chi connectivity index (χ1n) is 9.99. The van der Waals surface area contributed by atoms with E-state index in [2.05, 4.69) is 50.5 Å². The van der Waals surface area contributed by atoms with Gasteiger partial charge in [0.2, 0.25) is 10.0 Å². The fourth-order valence-corrected chi connectivity index (χ4v) is 4.11. The number of aromatic amines is 1. The van der Waals surface area contributed by atoms with Crippen LogP contribution in [0.4, 0.5) is 0 Å². The molecule has 7 nitrogen and oxygen atoms in total. The number of hydrogen-bond acceptors (Lipinski definition) is 3. The summed E-state index contributed by atoms with van der Waals surface area (Å²) >= 11 is 0. The van der Waals surface area contributed by atoms with Crippen LogP contribution in [0.5, 0.6) is 0 Å². The Balaban J connectivity index is 0.00000341. The number of nitrogens with one attached hydrogen (secondary N) is 4. The molecule has 4 N–H and O–H groups in total. The molecule has 31 heavy (non-hydrogen) atoms. The first-order valence-corrected chi connectivity index (χ1v) is 11.6. The van der Waals surface area contributed by atoms with Crippen LogP contribution >= 0.6 is 24.0 Å². The van der Waals surface area contributed by atoms with Crippen LogP contribution in [-0.2, 0) is 23.0 Å². The molecule has 0 amide bonds. The van der Waals surface area contributed by atoms with Gasteiger partial charge in [0, 0.05) is 43.8 Å². The number of sulfonamides is 1. The van der Waals surface area contributed by atoms with E-state index in [1.54, 1.807) is 7.05 Å². The van der Waals surface area contributed by atoms with Gasteiger partial charge in [0.1, 0.15) is 0 Å². The summed E-state index contributed by atoms with van der Waals surface area (Å²) < 4.78 is 27.0. The van der Waals surface area contributed by atoms with Crippen molar-refractivity contribution in [1.82, 2.24) is 20.3 Å². The molecule has 3 rings (SSSR count). The Labute approximate surface area is 201 Å². The third-order valence-electron chi connectivity index (χ3n) is 4.84. The van der Waals surface area contributed by atoms with Gasteiger partial charge in [-0.25, -0.2) is 13.1 Å². The Morgan fingerprint density at radius 1 is 1.06 bits per heavy atom. The summed E-state index contributed by atoms with van der Waals surface area (Å²) in [5, 5.41) is 7.52. The lowest BCUT2D eigenvalue weighted by molar-refractivity contribution is 0.580. The highest BCUT2D eigenvalue weighted by Crippen LogP contribution is 2.19. The lowest BCUT2D eigenvalue weighted by atomic mass is 10.1. The Kier molecular flexibility index (Phi) is 9.79. The number of fused-ring (bicyclic) bond motifs is 1. The van der Waals surface area contributed by atoms with Crippen molar-refractivity contribution in [3.8, 4) is 0 Å². The zero-order valence-electron chi connectivity index (χ0n) is 17.8. The molecule has 0 bridgehead atoms. The van der Waals surface area contributed by atoms with Gasteiger partial charge in [-0.15, -0.1) is 24.0 Å². The van der Waals surface area contributed by atoms with Gasteiger partial charge in [0.15, 0.2) is 5.96 Å². The Hall–Kier alpha value is -2.11. The maximum absolute atomic E-state index is 12.2. The van der Waals surface area contributed by atoms with Crippen LogP contribution in [0.2, 0.25) is 0 Å². The summed E-state index contributed by atoms with van der Waals surface area (Å²) in [4.78, 5) is 7.47. The average molecular weight is 555 g/mol. The molecule has 1 heterocycles. The summed E-state index contributed by atoms with van der Waals surface area (Å²) in [6.45, 7) is 3.34. The number of aromatic nitrogens is 1. The van der Waals surface area contributed by atoms with Crippen LogP contribution in [0.3, 0.4) is 0 Å². The minimum atomic E-state index is -3.37. The van der Waals surface area contributed by atoms with Crippen molar-refractivity contribution in [2.45, 2.75) is 19.9 Å². The first-order chi connectivity index (χ1) is 14.5. The van der Waals surface area contributed by atoms with Crippen LogP contribution < -0.4 is 15.4 Å². The highest BCUT2D eigenvalue weighted by Gasteiger charge is 2.10. The van der Waals surface area contributed by atoms with Crippen LogP contribution in [0.1, 0.15) is 16.7 Å². The fraction of sp³-hybridized carbons (Fsp3) is 0.318. The molecule has 0 saturated heterocycles. The molecule has 0 aliphatic rings. The Morgan fingerprint density at radius 3 is 2.55 bits per heavy atom. The third kappa shape index (κ3) is 7.82. The average Bonchev–Trinajstić information content (AvgIpc) is 3.14. The molecule has 3 aromatic rings. The maximum Gasteiger partial charge on any atom is 0.213 e. The van der Waals surface area contributed by atoms with Crippen LogP contribution in [0.15, 0.2) is 59.7 Å². The number of nitrogens with zero attached hydrogens (tertiary/aromatic N) is 1. The molecular formula is C22H30IN5O2S. The number of halogens is 1. The number of rotatable bonds is 9. The maximum atomic E-state index is 12.2. The van der Waals surface area contributed by atoms with E-state index in [1.807, 2.05) is 36.5 Å². The summed E-state index contributed by atoms with van der Waals surface area (Å²) in [5.41, 5.74) is 4.53. The molecule has 9 heteroatoms. The highest BCUT2D eigenvalue weighted by molar-refractivity contribution is 14.0. The highest BCUT2D eigenvalue weighted by atomic mass is 127. The molecule has 0 unspecified atom stereocenters. The number of aryl methyl sites for hydroxylation is 1. The van der Waals surface area contributed by atoms with Crippen LogP contribution in [-0.4, -0.2) is 45.3 Å². The van der Waals surface area contributed by atoms with Crippen molar-refractivity contribution in [1.29, 1.82) is 0 Å². The molecule has 0 radical (unpaired) electrons. The van der Waals surface area contributed by atoms with E-state index in [0.29, 0.717) is 19.0 Å². The number of benzene rings is 2. The van der Waals surface area contributed by atoms with Crippen molar-refractivity contribution in [3.05, 3.63) is 71.4 Å². The third-order valence-corrected chi connectivity index (χ3v) is 6.16. The SMILES string of the molecule is CN=C(NCCc1c[nH]c2cc(C)ccc12)NCCS(=O)(=O)NCc1ccccc1.I. The molecule has 1 aromatic heterocycles. The van der Waals surface area contributed by atoms with E-state index in [1.165, 1.54) is 16.5 Å². The van der Waals surface area contributed by atoms with Gasteiger partial charge in [0.25, 0.3) is 0 Å². The lowest BCUT2D eigenvalue weighted by Crippen LogP contribution is -2.41. The number of aliphatic imine (C=N–C) groups is 1. The Bertz CT molecular complexity index is 1100. The summed E-state index contributed by atoms with van der Waals surface area (Å²) in [5.74, 6) is 0.562. The quantitative estimate of drug-likeness (QED) is 0.186. The van der Waals surface area contributed by atoms with Gasteiger partial charge in [0.05, 0.1) is 5.75 Å². The second kappa shape index (κ2) is 12.1. The van der Waals surface area contributed by atoms with E-state index in [4.69, 9.17) is 0 Å². The predicted molar refractivity (Wildman–Crippen MR) is 139 cm³/mol. The second-order valence-electron chi connectivity index (χ2n) is 7.16. The zero-order valence-corrected chi connectivity index (χ0v) is 21.0. The summed E-state index contributed by atoms with van der Waals surface area (Å²) in [6, 6.07) is 15.8. The number of hydrogen-bond donors (Lipinski definition) is 4. The molecule has 0 fully saturated rings. The fourth-order valence-electron chi connectivity index (χ4n) is 3.21. The number of H-pyrrole nitrogens is 1. The van der Waals surface area contributed by atoms with Gasteiger partial charge in [-0.2, -0.15) is 0 Å². The van der Waals surface area contributed by atoms with Crippen LogP contribution in [0.25, 0.3) is 10.9 Å². The van der Waals surface area contributed by atoms with E-state index < -0.39 is 10.0 Å². The second-order valence-corrected chi connectivity index (χ2v) is 9.09. The van der Waals surface area contributed by atoms with Gasteiger partial charge >= 0.3 is 0 Å². The van der Waals surface area contributed by atoms with Crippen molar-refractivity contribution < 1.29 is 8.42 Å². The minimum Gasteiger partial charge on any atom is -0.361 e. The van der Waals surface area contributed by atoms with Crippen molar-refractivity contribution in [2.24, 2.45) is 4.99 Å². The molecule has 0 atom stereocenters. The molecule has 0 aliphatic heterocycles. The van der Waals surface area contributed by atoms with Crippen molar-refractivity contribution in [3.63, 3.8) is 0 Å². The predicted octanol–water partition coefficient (Wildman–Crippen LogP) is 2.92. The minimum absolute atomic E-state index is 0. The molecule has 0 spiro atoms. The standard InChI is InChI=1S/C22H29N5O2S.HI/c1-17-8-9-20-19(16-26-21(20)14-17)10-11-24-22(23-2)25-12-13-30(28,29)27-15-18-6-4-3-5-7-18;/h3-9,14,16,26-27H,10-13,15H2,1-2H3,(H2,23,24,25);1H. The number of guanidine groups is 1. The largest absolute Gasteiger partial charge is 0.361 e. The van der Waals surface area contributed by atoms with E-state index in [0.717, 1.165) is 17.5 Å². The van der Waals surface area contributed by atoms with Crippen molar-refractivity contribution in [2.75, 3.05) is 25.9 Å². The summed E-state index contributed by atoms with van der Waals surface area (Å²) in [6.07, 6.45) is 2.87. The van der Waals surface area contributed by atoms with E-state index in [-0.39, 0.29) is 36.3 Å². The smallest absolute Gasteiger partial charge is 0.213 e. The molecule has 168 valence electrons. The lowest BCUT2D eigenvalue weighted by Gasteiger charge is -2.12. The Morgan fingerprint density at radius 2 is 1.81 bits per heavy atom. The van der Waals surface area contributed by atoms with Crippen molar-refractivity contribution >= 4 is 50.9 Å². The summed E-state index contributed by atoms with van der Waals surface area (Å²) in [7, 11) is -1.69. The van der Waals surface area contributed by atoms with Gasteiger partial charge in [-0.05, 0) is 36.1 Å². The topological polar surface area (TPSA) is 98.4 Å². The van der Waals surface area contributed by atoms with Crippen LogP contribution in [0, 0.1) is 6.92 Å². The van der Waals surface area contributed by atoms with Gasteiger partial charge < -0.3 is 15.6 Å². The molecule has 2 aromatic carbocycles. The monoisotopic (exact) mass is 555 g/mol. The van der Waals surface area contributed by atoms with E-state index in [9.17, 15) is 8.42 Å². The normalized spacial score (nSPS) is 11.9. The molecule has 0 saturated carbocycles. The zero-order chi connectivity index (χ0) is 21.4.